The fourth-order valence-electron chi connectivity index (χ4n) is 5.77. The smallest absolute Gasteiger partial charge is 0.255 e. The van der Waals surface area contributed by atoms with E-state index in [1.807, 2.05) is 38.2 Å². The molecule has 194 valence electrons. The Kier molecular flexibility index (Phi) is 5.32. The number of ether oxygens (including phenoxy) is 3. The van der Waals surface area contributed by atoms with Crippen LogP contribution < -0.4 is 10.1 Å². The van der Waals surface area contributed by atoms with Gasteiger partial charge >= 0.3 is 0 Å². The van der Waals surface area contributed by atoms with Gasteiger partial charge in [-0.3, -0.25) is 9.89 Å². The summed E-state index contributed by atoms with van der Waals surface area (Å²) in [7, 11) is 0. The number of amides is 1. The number of fused-ring (bicyclic) bond motifs is 3. The SMILES string of the molecule is CC1(C)COc2cc(-c3[nH]nc4ncc(-c5ccc6c(c5)CCC5(CC6)OCCO5)cc34)ccc2C(=O)N1. The number of pyridine rings is 1. The number of H-pyrrole nitrogens is 1. The van der Waals surface area contributed by atoms with E-state index in [-0.39, 0.29) is 5.91 Å². The molecule has 1 saturated heterocycles. The van der Waals surface area contributed by atoms with E-state index in [0.29, 0.717) is 36.8 Å². The number of nitrogens with one attached hydrogen (secondary N) is 2. The van der Waals surface area contributed by atoms with Gasteiger partial charge in [-0.2, -0.15) is 5.10 Å². The summed E-state index contributed by atoms with van der Waals surface area (Å²) >= 11 is 0. The van der Waals surface area contributed by atoms with Gasteiger partial charge in [-0.1, -0.05) is 24.3 Å². The quantitative estimate of drug-likeness (QED) is 0.402. The van der Waals surface area contributed by atoms with Crippen LogP contribution in [0, 0.1) is 0 Å². The summed E-state index contributed by atoms with van der Waals surface area (Å²) in [5.41, 5.74) is 7.32. The molecule has 3 aliphatic rings. The predicted octanol–water partition coefficient (Wildman–Crippen LogP) is 4.81. The molecule has 2 aromatic carbocycles. The number of aromatic amines is 1. The molecule has 8 nitrogen and oxygen atoms in total. The van der Waals surface area contributed by atoms with Crippen molar-refractivity contribution in [1.29, 1.82) is 0 Å². The molecule has 1 spiro atoms. The molecular formula is C30H30N4O4. The number of benzene rings is 2. The topological polar surface area (TPSA) is 98.4 Å². The summed E-state index contributed by atoms with van der Waals surface area (Å²) in [6.07, 6.45) is 5.53. The molecule has 38 heavy (non-hydrogen) atoms. The Labute approximate surface area is 220 Å². The lowest BCUT2D eigenvalue weighted by molar-refractivity contribution is -0.164. The van der Waals surface area contributed by atoms with E-state index >= 15 is 0 Å². The minimum atomic E-state index is -0.443. The first kappa shape index (κ1) is 23.4. The molecule has 0 unspecified atom stereocenters. The van der Waals surface area contributed by atoms with Crippen molar-refractivity contribution >= 4 is 16.9 Å². The fraction of sp³-hybridized carbons (Fsp3) is 0.367. The van der Waals surface area contributed by atoms with Crippen LogP contribution in [0.15, 0.2) is 48.7 Å². The Morgan fingerprint density at radius 1 is 0.895 bits per heavy atom. The number of carbonyl (C=O) groups is 1. The number of nitrogens with zero attached hydrogens (tertiary/aromatic N) is 2. The van der Waals surface area contributed by atoms with Gasteiger partial charge in [-0.05, 0) is 61.6 Å². The maximum absolute atomic E-state index is 12.7. The summed E-state index contributed by atoms with van der Waals surface area (Å²) < 4.78 is 18.0. The molecule has 4 heterocycles. The van der Waals surface area contributed by atoms with Crippen molar-refractivity contribution in [3.05, 3.63) is 65.4 Å². The molecule has 7 rings (SSSR count). The van der Waals surface area contributed by atoms with Gasteiger partial charge in [-0.25, -0.2) is 4.98 Å². The van der Waals surface area contributed by atoms with Gasteiger partial charge in [0.05, 0.1) is 30.0 Å². The second-order valence-electron chi connectivity index (χ2n) is 11.1. The van der Waals surface area contributed by atoms with Crippen molar-refractivity contribution in [2.75, 3.05) is 19.8 Å². The number of hydrogen-bond donors (Lipinski definition) is 2. The third kappa shape index (κ3) is 4.04. The summed E-state index contributed by atoms with van der Waals surface area (Å²) in [4.78, 5) is 17.3. The Balaban J connectivity index is 1.22. The molecule has 0 bridgehead atoms. The largest absolute Gasteiger partial charge is 0.490 e. The van der Waals surface area contributed by atoms with Crippen LogP contribution in [0.1, 0.15) is 48.2 Å². The first-order valence-electron chi connectivity index (χ1n) is 13.2. The lowest BCUT2D eigenvalue weighted by Crippen LogP contribution is -2.45. The van der Waals surface area contributed by atoms with Crippen LogP contribution in [0.4, 0.5) is 0 Å². The second kappa shape index (κ2) is 8.64. The van der Waals surface area contributed by atoms with Crippen LogP contribution in [0.25, 0.3) is 33.4 Å². The van der Waals surface area contributed by atoms with E-state index < -0.39 is 11.3 Å². The Morgan fingerprint density at radius 3 is 2.53 bits per heavy atom. The number of aryl methyl sites for hydroxylation is 2. The van der Waals surface area contributed by atoms with Crippen LogP contribution in [-0.2, 0) is 22.3 Å². The van der Waals surface area contributed by atoms with Crippen molar-refractivity contribution in [3.63, 3.8) is 0 Å². The number of rotatable bonds is 2. The van der Waals surface area contributed by atoms with E-state index in [0.717, 1.165) is 53.5 Å². The van der Waals surface area contributed by atoms with Gasteiger partial charge in [0, 0.05) is 35.6 Å². The van der Waals surface area contributed by atoms with Gasteiger partial charge in [0.2, 0.25) is 0 Å². The zero-order chi connectivity index (χ0) is 25.9. The normalized spacial score (nSPS) is 19.8. The van der Waals surface area contributed by atoms with Crippen LogP contribution in [-0.4, -0.2) is 52.2 Å². The number of aromatic nitrogens is 3. The van der Waals surface area contributed by atoms with Crippen molar-refractivity contribution in [3.8, 4) is 28.1 Å². The Bertz CT molecular complexity index is 1570. The standard InChI is InChI=1S/C30H30N4O4/c1-29(2)17-36-25-15-21(5-6-23(25)28(35)32-29)26-24-14-22(16-31-27(24)34-33-26)19-4-3-18-7-9-30(37-11-12-38-30)10-8-20(18)13-19/h3-6,13-16H,7-12,17H2,1-2H3,(H,32,35)(H,31,33,34). The highest BCUT2D eigenvalue weighted by atomic mass is 16.7. The zero-order valence-corrected chi connectivity index (χ0v) is 21.6. The molecule has 1 amide bonds. The number of carbonyl (C=O) groups excluding carboxylic acids is 1. The summed E-state index contributed by atoms with van der Waals surface area (Å²) in [6.45, 7) is 5.65. The lowest BCUT2D eigenvalue weighted by atomic mass is 9.96. The van der Waals surface area contributed by atoms with Crippen molar-refractivity contribution in [1.82, 2.24) is 20.5 Å². The molecule has 0 saturated carbocycles. The predicted molar refractivity (Wildman–Crippen MR) is 143 cm³/mol. The Hall–Kier alpha value is -3.75. The average Bonchev–Trinajstić information content (AvgIpc) is 3.49. The van der Waals surface area contributed by atoms with Gasteiger partial charge in [0.25, 0.3) is 5.91 Å². The van der Waals surface area contributed by atoms with Gasteiger partial charge in [0.15, 0.2) is 11.4 Å². The van der Waals surface area contributed by atoms with E-state index in [1.54, 1.807) is 0 Å². The highest BCUT2D eigenvalue weighted by Crippen LogP contribution is 2.37. The number of hydrogen-bond acceptors (Lipinski definition) is 6. The monoisotopic (exact) mass is 510 g/mol. The Morgan fingerprint density at radius 2 is 1.68 bits per heavy atom. The lowest BCUT2D eigenvalue weighted by Gasteiger charge is -2.25. The highest BCUT2D eigenvalue weighted by molar-refractivity contribution is 5.99. The summed E-state index contributed by atoms with van der Waals surface area (Å²) in [5.74, 6) is 0.0168. The van der Waals surface area contributed by atoms with Crippen molar-refractivity contribution in [2.24, 2.45) is 0 Å². The maximum Gasteiger partial charge on any atom is 0.255 e. The molecule has 2 aromatic heterocycles. The molecule has 1 aliphatic carbocycles. The molecule has 0 radical (unpaired) electrons. The third-order valence-corrected chi connectivity index (χ3v) is 7.87. The van der Waals surface area contributed by atoms with Gasteiger partial charge in [0.1, 0.15) is 12.4 Å². The molecule has 2 N–H and O–H groups in total. The minimum Gasteiger partial charge on any atom is -0.490 e. The van der Waals surface area contributed by atoms with Crippen LogP contribution in [0.3, 0.4) is 0 Å². The average molecular weight is 511 g/mol. The molecule has 2 aliphatic heterocycles. The molecule has 4 aromatic rings. The summed E-state index contributed by atoms with van der Waals surface area (Å²) in [6, 6.07) is 14.5. The van der Waals surface area contributed by atoms with Crippen LogP contribution in [0.2, 0.25) is 0 Å². The highest BCUT2D eigenvalue weighted by Gasteiger charge is 2.37. The molecule has 0 atom stereocenters. The minimum absolute atomic E-state index is 0.132. The van der Waals surface area contributed by atoms with Crippen molar-refractivity contribution < 1.29 is 19.0 Å². The van der Waals surface area contributed by atoms with Gasteiger partial charge < -0.3 is 19.5 Å². The van der Waals surface area contributed by atoms with E-state index in [9.17, 15) is 4.79 Å². The van der Waals surface area contributed by atoms with E-state index in [4.69, 9.17) is 14.2 Å². The molecule has 8 heteroatoms. The second-order valence-corrected chi connectivity index (χ2v) is 11.1. The summed E-state index contributed by atoms with van der Waals surface area (Å²) in [5, 5.41) is 11.5. The first-order chi connectivity index (χ1) is 18.4. The molecule has 1 fully saturated rings. The van der Waals surface area contributed by atoms with Crippen LogP contribution >= 0.6 is 0 Å². The third-order valence-electron chi connectivity index (χ3n) is 7.87. The van der Waals surface area contributed by atoms with Crippen LogP contribution in [0.5, 0.6) is 5.75 Å². The van der Waals surface area contributed by atoms with E-state index in [1.165, 1.54) is 11.1 Å². The van der Waals surface area contributed by atoms with Gasteiger partial charge in [-0.15, -0.1) is 0 Å². The molecular weight excluding hydrogens is 480 g/mol. The van der Waals surface area contributed by atoms with E-state index in [2.05, 4.69) is 44.8 Å². The fourth-order valence-corrected chi connectivity index (χ4v) is 5.77. The van der Waals surface area contributed by atoms with Crippen molar-refractivity contribution in [2.45, 2.75) is 50.9 Å². The first-order valence-corrected chi connectivity index (χ1v) is 13.2. The maximum atomic E-state index is 12.7. The zero-order valence-electron chi connectivity index (χ0n) is 21.6.